The predicted octanol–water partition coefficient (Wildman–Crippen LogP) is 2.46. The van der Waals surface area contributed by atoms with Gasteiger partial charge in [0, 0.05) is 22.1 Å². The van der Waals surface area contributed by atoms with Gasteiger partial charge in [-0.3, -0.25) is 4.79 Å². The number of rotatable bonds is 1. The number of hydrogen-bond donors (Lipinski definition) is 2. The minimum absolute atomic E-state index is 0.00951. The van der Waals surface area contributed by atoms with E-state index in [0.717, 1.165) is 45.4 Å². The van der Waals surface area contributed by atoms with Crippen molar-refractivity contribution >= 4 is 15.9 Å². The van der Waals surface area contributed by atoms with Crippen molar-refractivity contribution in [2.75, 3.05) is 6.54 Å². The van der Waals surface area contributed by atoms with E-state index in [4.69, 9.17) is 0 Å². The van der Waals surface area contributed by atoms with Gasteiger partial charge in [0.15, 0.2) is 0 Å². The van der Waals surface area contributed by atoms with Gasteiger partial charge in [-0.2, -0.15) is 0 Å². The van der Waals surface area contributed by atoms with Gasteiger partial charge in [0.1, 0.15) is 5.82 Å². The van der Waals surface area contributed by atoms with E-state index < -0.39 is 0 Å². The minimum Gasteiger partial charge on any atom is -0.311 e. The lowest BCUT2D eigenvalue weighted by Crippen LogP contribution is -2.31. The molecule has 5 heteroatoms. The number of benzene rings is 1. The minimum atomic E-state index is -0.00951. The van der Waals surface area contributed by atoms with Crippen LogP contribution in [0.1, 0.15) is 22.4 Å². The highest BCUT2D eigenvalue weighted by molar-refractivity contribution is 9.10. The number of H-pyrrole nitrogens is 1. The van der Waals surface area contributed by atoms with E-state index in [0.29, 0.717) is 12.4 Å². The summed E-state index contributed by atoms with van der Waals surface area (Å²) in [7, 11) is 0. The lowest BCUT2D eigenvalue weighted by Gasteiger charge is -2.16. The second-order valence-electron chi connectivity index (χ2n) is 5.19. The highest BCUT2D eigenvalue weighted by atomic mass is 79.9. The van der Waals surface area contributed by atoms with Crippen LogP contribution in [0.4, 0.5) is 0 Å². The van der Waals surface area contributed by atoms with Crippen molar-refractivity contribution in [1.82, 2.24) is 15.3 Å². The van der Waals surface area contributed by atoms with Gasteiger partial charge in [0.05, 0.1) is 5.69 Å². The van der Waals surface area contributed by atoms with Crippen LogP contribution in [0.5, 0.6) is 0 Å². The van der Waals surface area contributed by atoms with Crippen molar-refractivity contribution in [2.24, 2.45) is 0 Å². The van der Waals surface area contributed by atoms with Crippen LogP contribution < -0.4 is 10.9 Å². The molecule has 0 fully saturated rings. The first-order valence-electron chi connectivity index (χ1n) is 6.66. The van der Waals surface area contributed by atoms with Gasteiger partial charge in [-0.25, -0.2) is 4.98 Å². The van der Waals surface area contributed by atoms with E-state index in [9.17, 15) is 4.79 Å². The monoisotopic (exact) mass is 333 g/mol. The molecule has 104 valence electrons. The summed E-state index contributed by atoms with van der Waals surface area (Å²) in [6.45, 7) is 5.59. The number of hydrogen-bond acceptors (Lipinski definition) is 3. The number of nitrogens with zero attached hydrogens (tertiary/aromatic N) is 1. The van der Waals surface area contributed by atoms with E-state index in [1.165, 1.54) is 0 Å². The van der Waals surface area contributed by atoms with Gasteiger partial charge in [-0.05, 0) is 50.1 Å². The van der Waals surface area contributed by atoms with Crippen LogP contribution in [0.15, 0.2) is 21.4 Å². The van der Waals surface area contributed by atoms with Gasteiger partial charge in [0.25, 0.3) is 5.56 Å². The summed E-state index contributed by atoms with van der Waals surface area (Å²) < 4.78 is 1.10. The molecular weight excluding hydrogens is 318 g/mol. The van der Waals surface area contributed by atoms with E-state index in [1.807, 2.05) is 26.0 Å². The first-order chi connectivity index (χ1) is 9.56. The molecule has 0 aliphatic carbocycles. The number of aromatic amines is 1. The van der Waals surface area contributed by atoms with Gasteiger partial charge in [-0.15, -0.1) is 0 Å². The number of aromatic nitrogens is 2. The van der Waals surface area contributed by atoms with Crippen molar-refractivity contribution in [3.8, 4) is 11.4 Å². The molecule has 0 bridgehead atoms. The lowest BCUT2D eigenvalue weighted by molar-refractivity contribution is 0.619. The third-order valence-corrected chi connectivity index (χ3v) is 4.91. The topological polar surface area (TPSA) is 57.8 Å². The summed E-state index contributed by atoms with van der Waals surface area (Å²) in [6.07, 6.45) is 0.746. The molecule has 0 amide bonds. The van der Waals surface area contributed by atoms with E-state index in [-0.39, 0.29) is 5.56 Å². The maximum atomic E-state index is 12.2. The fraction of sp³-hybridized carbons (Fsp3) is 0.333. The summed E-state index contributed by atoms with van der Waals surface area (Å²) >= 11 is 3.56. The maximum absolute atomic E-state index is 12.2. The SMILES string of the molecule is Cc1cc(-c2nc3c(c(=O)[nH]2)CCNC3)cc(C)c1Br. The molecule has 1 aromatic heterocycles. The Balaban J connectivity index is 2.16. The molecule has 0 saturated carbocycles. The fourth-order valence-electron chi connectivity index (χ4n) is 2.59. The molecule has 0 radical (unpaired) electrons. The molecule has 0 saturated heterocycles. The third kappa shape index (κ3) is 2.31. The normalized spacial score (nSPS) is 14.2. The fourth-order valence-corrected chi connectivity index (χ4v) is 2.82. The Bertz CT molecular complexity index is 713. The standard InChI is InChI=1S/C15H16BrN3O/c1-8-5-10(6-9(2)13(8)16)14-18-12-7-17-4-3-11(12)15(20)19-14/h5-6,17H,3-4,7H2,1-2H3,(H,18,19,20). The van der Waals surface area contributed by atoms with E-state index >= 15 is 0 Å². The van der Waals surface area contributed by atoms with Crippen molar-refractivity contribution in [2.45, 2.75) is 26.8 Å². The van der Waals surface area contributed by atoms with E-state index in [2.05, 4.69) is 31.2 Å². The van der Waals surface area contributed by atoms with Crippen molar-refractivity contribution in [1.29, 1.82) is 0 Å². The molecule has 4 nitrogen and oxygen atoms in total. The van der Waals surface area contributed by atoms with Gasteiger partial charge in [-0.1, -0.05) is 15.9 Å². The Morgan fingerprint density at radius 3 is 2.65 bits per heavy atom. The zero-order chi connectivity index (χ0) is 14.3. The molecule has 3 rings (SSSR count). The number of fused-ring (bicyclic) bond motifs is 1. The summed E-state index contributed by atoms with van der Waals surface area (Å²) in [4.78, 5) is 19.7. The number of nitrogens with one attached hydrogen (secondary N) is 2. The van der Waals surface area contributed by atoms with Crippen LogP contribution in [-0.4, -0.2) is 16.5 Å². The average Bonchev–Trinajstić information content (AvgIpc) is 2.44. The van der Waals surface area contributed by atoms with Gasteiger partial charge < -0.3 is 10.3 Å². The smallest absolute Gasteiger partial charge is 0.254 e. The van der Waals surface area contributed by atoms with Crippen LogP contribution in [-0.2, 0) is 13.0 Å². The molecule has 2 N–H and O–H groups in total. The quantitative estimate of drug-likeness (QED) is 0.842. The number of halogens is 1. The molecule has 0 atom stereocenters. The van der Waals surface area contributed by atoms with Crippen LogP contribution in [0.2, 0.25) is 0 Å². The zero-order valence-corrected chi connectivity index (χ0v) is 13.1. The zero-order valence-electron chi connectivity index (χ0n) is 11.5. The Hall–Kier alpha value is -1.46. The van der Waals surface area contributed by atoms with E-state index in [1.54, 1.807) is 0 Å². The second-order valence-corrected chi connectivity index (χ2v) is 5.98. The van der Waals surface area contributed by atoms with Crippen LogP contribution in [0.25, 0.3) is 11.4 Å². The third-order valence-electron chi connectivity index (χ3n) is 3.66. The van der Waals surface area contributed by atoms with Crippen molar-refractivity contribution < 1.29 is 0 Å². The van der Waals surface area contributed by atoms with Crippen molar-refractivity contribution in [3.63, 3.8) is 0 Å². The molecule has 0 unspecified atom stereocenters. The molecule has 20 heavy (non-hydrogen) atoms. The molecule has 2 heterocycles. The Morgan fingerprint density at radius 1 is 1.25 bits per heavy atom. The summed E-state index contributed by atoms with van der Waals surface area (Å²) in [6, 6.07) is 4.08. The highest BCUT2D eigenvalue weighted by Crippen LogP contribution is 2.26. The molecule has 2 aromatic rings. The van der Waals surface area contributed by atoms with Crippen LogP contribution in [0.3, 0.4) is 0 Å². The molecule has 0 spiro atoms. The Labute approximate surface area is 125 Å². The average molecular weight is 334 g/mol. The highest BCUT2D eigenvalue weighted by Gasteiger charge is 2.16. The van der Waals surface area contributed by atoms with Crippen molar-refractivity contribution in [3.05, 3.63) is 49.3 Å². The molecule has 1 aliphatic rings. The molecular formula is C15H16BrN3O. The first-order valence-corrected chi connectivity index (χ1v) is 7.45. The maximum Gasteiger partial charge on any atom is 0.254 e. The second kappa shape index (κ2) is 5.14. The predicted molar refractivity (Wildman–Crippen MR) is 82.9 cm³/mol. The molecule has 1 aliphatic heterocycles. The Morgan fingerprint density at radius 2 is 1.95 bits per heavy atom. The molecule has 1 aromatic carbocycles. The first kappa shape index (κ1) is 13.5. The summed E-state index contributed by atoms with van der Waals surface area (Å²) in [5.74, 6) is 0.649. The van der Waals surface area contributed by atoms with Crippen LogP contribution in [0, 0.1) is 13.8 Å². The van der Waals surface area contributed by atoms with Gasteiger partial charge in [0.2, 0.25) is 0 Å². The largest absolute Gasteiger partial charge is 0.311 e. The van der Waals surface area contributed by atoms with Gasteiger partial charge >= 0.3 is 0 Å². The van der Waals surface area contributed by atoms with Crippen LogP contribution >= 0.6 is 15.9 Å². The summed E-state index contributed by atoms with van der Waals surface area (Å²) in [5.41, 5.74) is 4.90. The lowest BCUT2D eigenvalue weighted by atomic mass is 10.1. The Kier molecular flexibility index (Phi) is 3.48. The number of aryl methyl sites for hydroxylation is 2. The summed E-state index contributed by atoms with van der Waals surface area (Å²) in [5, 5.41) is 3.26.